The van der Waals surface area contributed by atoms with Gasteiger partial charge in [0.2, 0.25) is 0 Å². The van der Waals surface area contributed by atoms with E-state index in [1.807, 2.05) is 6.08 Å². The highest BCUT2D eigenvalue weighted by atomic mass is 16.6. The maximum absolute atomic E-state index is 12.7. The Balaban J connectivity index is 4.37. The fourth-order valence-corrected chi connectivity index (χ4v) is 6.72. The highest BCUT2D eigenvalue weighted by Gasteiger charge is 2.19. The van der Waals surface area contributed by atoms with Crippen LogP contribution in [0.2, 0.25) is 0 Å². The molecule has 1 unspecified atom stereocenters. The third-order valence-electron chi connectivity index (χ3n) is 10.5. The second-order valence-electron chi connectivity index (χ2n) is 16.4. The second-order valence-corrected chi connectivity index (χ2v) is 16.4. The molecular formula is C53H92O6. The first-order chi connectivity index (χ1) is 29.0. The van der Waals surface area contributed by atoms with Crippen LogP contribution in [0.15, 0.2) is 60.8 Å². The number of unbranched alkanes of at least 4 members (excludes halogenated alkanes) is 24. The smallest absolute Gasteiger partial charge is 0.306 e. The predicted octanol–water partition coefficient (Wildman–Crippen LogP) is 16.1. The fraction of sp³-hybridized carbons (Fsp3) is 0.755. The molecule has 1 atom stereocenters. The molecule has 0 amide bonds. The lowest BCUT2D eigenvalue weighted by atomic mass is 10.1. The zero-order valence-corrected chi connectivity index (χ0v) is 38.8. The Hall–Kier alpha value is -2.89. The van der Waals surface area contributed by atoms with Crippen molar-refractivity contribution < 1.29 is 28.6 Å². The lowest BCUT2D eigenvalue weighted by Gasteiger charge is -2.18. The van der Waals surface area contributed by atoms with Gasteiger partial charge in [-0.1, -0.05) is 197 Å². The van der Waals surface area contributed by atoms with Crippen LogP contribution in [0.1, 0.15) is 239 Å². The van der Waals surface area contributed by atoms with Crippen molar-refractivity contribution in [3.8, 4) is 0 Å². The van der Waals surface area contributed by atoms with E-state index in [1.54, 1.807) is 0 Å². The molecule has 0 aliphatic carbocycles. The number of hydrogen-bond donors (Lipinski definition) is 0. The van der Waals surface area contributed by atoms with Gasteiger partial charge >= 0.3 is 17.9 Å². The van der Waals surface area contributed by atoms with E-state index in [1.165, 1.54) is 141 Å². The van der Waals surface area contributed by atoms with Gasteiger partial charge in [0, 0.05) is 19.3 Å². The molecule has 0 saturated carbocycles. The van der Waals surface area contributed by atoms with Gasteiger partial charge in [0.25, 0.3) is 0 Å². The molecule has 0 N–H and O–H groups in total. The van der Waals surface area contributed by atoms with Gasteiger partial charge in [-0.2, -0.15) is 0 Å². The number of carbonyl (C=O) groups is 3. The first kappa shape index (κ1) is 56.1. The molecule has 6 heteroatoms. The van der Waals surface area contributed by atoms with Crippen LogP contribution in [-0.4, -0.2) is 37.2 Å². The summed E-state index contributed by atoms with van der Waals surface area (Å²) in [6, 6.07) is 0. The standard InChI is InChI=1S/C53H92O6/c1-4-7-10-13-16-19-21-23-24-25-26-27-28-30-31-34-37-40-43-46-52(55)58-49-50(48-57-51(54)45-42-39-36-33-18-15-12-9-6-3)59-53(56)47-44-41-38-35-32-29-22-20-17-14-11-8-5-2/h16,19,21,23,29,32-33,36,38,41,50H,4-15,17-18,20,22,24-28,30-31,34-35,37,39-40,42-49H2,1-3H3/b19-16-,23-21-,32-29-,36-33-,41-38-. The zero-order chi connectivity index (χ0) is 43.0. The van der Waals surface area contributed by atoms with Gasteiger partial charge in [0.1, 0.15) is 13.2 Å². The molecule has 0 saturated heterocycles. The summed E-state index contributed by atoms with van der Waals surface area (Å²) < 4.78 is 16.6. The average Bonchev–Trinajstić information content (AvgIpc) is 3.23. The molecule has 59 heavy (non-hydrogen) atoms. The van der Waals surface area contributed by atoms with Crippen molar-refractivity contribution >= 4 is 17.9 Å². The molecule has 0 aliphatic heterocycles. The maximum atomic E-state index is 12.7. The Morgan fingerprint density at radius 2 is 0.712 bits per heavy atom. The molecular weight excluding hydrogens is 733 g/mol. The average molecular weight is 825 g/mol. The molecule has 0 aliphatic rings. The van der Waals surface area contributed by atoms with Crippen LogP contribution in [0.5, 0.6) is 0 Å². The summed E-state index contributed by atoms with van der Waals surface area (Å²) in [6.07, 6.45) is 58.0. The number of rotatable bonds is 44. The topological polar surface area (TPSA) is 78.9 Å². The first-order valence-corrected chi connectivity index (χ1v) is 24.8. The normalized spacial score (nSPS) is 12.5. The summed E-state index contributed by atoms with van der Waals surface area (Å²) in [5.41, 5.74) is 0. The van der Waals surface area contributed by atoms with Crippen LogP contribution < -0.4 is 0 Å². The Morgan fingerprint density at radius 1 is 0.356 bits per heavy atom. The molecule has 0 aromatic heterocycles. The van der Waals surface area contributed by atoms with Gasteiger partial charge in [0.05, 0.1) is 0 Å². The van der Waals surface area contributed by atoms with E-state index < -0.39 is 6.10 Å². The van der Waals surface area contributed by atoms with Crippen molar-refractivity contribution in [3.05, 3.63) is 60.8 Å². The van der Waals surface area contributed by atoms with Crippen molar-refractivity contribution in [3.63, 3.8) is 0 Å². The number of carbonyl (C=O) groups excluding carboxylic acids is 3. The molecule has 0 spiro atoms. The third-order valence-corrected chi connectivity index (χ3v) is 10.5. The van der Waals surface area contributed by atoms with Crippen molar-refractivity contribution in [2.24, 2.45) is 0 Å². The largest absolute Gasteiger partial charge is 0.462 e. The summed E-state index contributed by atoms with van der Waals surface area (Å²) in [5.74, 6) is -1.02. The van der Waals surface area contributed by atoms with Crippen LogP contribution in [0.3, 0.4) is 0 Å². The van der Waals surface area contributed by atoms with Crippen molar-refractivity contribution in [2.45, 2.75) is 245 Å². The minimum Gasteiger partial charge on any atom is -0.462 e. The van der Waals surface area contributed by atoms with E-state index in [-0.39, 0.29) is 37.5 Å². The highest BCUT2D eigenvalue weighted by molar-refractivity contribution is 5.71. The fourth-order valence-electron chi connectivity index (χ4n) is 6.72. The summed E-state index contributed by atoms with van der Waals surface area (Å²) in [7, 11) is 0. The number of ether oxygens (including phenoxy) is 3. The van der Waals surface area contributed by atoms with Crippen LogP contribution in [0.4, 0.5) is 0 Å². The van der Waals surface area contributed by atoms with Crippen LogP contribution in [0.25, 0.3) is 0 Å². The van der Waals surface area contributed by atoms with E-state index in [0.717, 1.165) is 44.9 Å². The second kappa shape index (κ2) is 47.8. The molecule has 6 nitrogen and oxygen atoms in total. The van der Waals surface area contributed by atoms with Crippen LogP contribution in [0, 0.1) is 0 Å². The summed E-state index contributed by atoms with van der Waals surface area (Å²) in [4.78, 5) is 37.7. The summed E-state index contributed by atoms with van der Waals surface area (Å²) in [5, 5.41) is 0. The maximum Gasteiger partial charge on any atom is 0.306 e. The van der Waals surface area contributed by atoms with Crippen LogP contribution >= 0.6 is 0 Å². The van der Waals surface area contributed by atoms with E-state index in [9.17, 15) is 14.4 Å². The summed E-state index contributed by atoms with van der Waals surface area (Å²) >= 11 is 0. The Labute approximate surface area is 364 Å². The van der Waals surface area contributed by atoms with Gasteiger partial charge < -0.3 is 14.2 Å². The monoisotopic (exact) mass is 825 g/mol. The molecule has 340 valence electrons. The molecule has 0 bridgehead atoms. The molecule has 0 heterocycles. The molecule has 0 radical (unpaired) electrons. The third kappa shape index (κ3) is 46.0. The molecule has 0 aromatic rings. The quantitative estimate of drug-likeness (QED) is 0.0200. The van der Waals surface area contributed by atoms with E-state index in [4.69, 9.17) is 14.2 Å². The number of esters is 3. The highest BCUT2D eigenvalue weighted by Crippen LogP contribution is 2.14. The van der Waals surface area contributed by atoms with E-state index >= 15 is 0 Å². The number of allylic oxidation sites excluding steroid dienone is 10. The lowest BCUT2D eigenvalue weighted by molar-refractivity contribution is -0.166. The van der Waals surface area contributed by atoms with Crippen molar-refractivity contribution in [1.29, 1.82) is 0 Å². The van der Waals surface area contributed by atoms with Gasteiger partial charge in [-0.3, -0.25) is 14.4 Å². The predicted molar refractivity (Wildman–Crippen MR) is 251 cm³/mol. The van der Waals surface area contributed by atoms with Gasteiger partial charge in [-0.25, -0.2) is 0 Å². The summed E-state index contributed by atoms with van der Waals surface area (Å²) in [6.45, 7) is 6.48. The molecule has 0 rings (SSSR count). The van der Waals surface area contributed by atoms with E-state index in [2.05, 4.69) is 75.5 Å². The first-order valence-electron chi connectivity index (χ1n) is 24.8. The van der Waals surface area contributed by atoms with Gasteiger partial charge in [-0.05, 0) is 83.5 Å². The minimum atomic E-state index is -0.814. The van der Waals surface area contributed by atoms with Crippen LogP contribution in [-0.2, 0) is 28.6 Å². The Bertz CT molecular complexity index is 1090. The van der Waals surface area contributed by atoms with Gasteiger partial charge in [0.15, 0.2) is 6.10 Å². The Kier molecular flexibility index (Phi) is 45.4. The molecule has 0 aromatic carbocycles. The van der Waals surface area contributed by atoms with Crippen molar-refractivity contribution in [2.75, 3.05) is 13.2 Å². The zero-order valence-electron chi connectivity index (χ0n) is 38.8. The van der Waals surface area contributed by atoms with E-state index in [0.29, 0.717) is 25.7 Å². The van der Waals surface area contributed by atoms with Gasteiger partial charge in [-0.15, -0.1) is 0 Å². The molecule has 0 fully saturated rings. The number of hydrogen-bond acceptors (Lipinski definition) is 6. The SMILES string of the molecule is CCCCC/C=C\C=C/CCCCCCCCCCCCC(=O)OCC(COC(=O)CCC/C=C\CCCCCC)OC(=O)CC/C=C\C/C=C\CCCCCCCC. The minimum absolute atomic E-state index is 0.107. The Morgan fingerprint density at radius 3 is 1.24 bits per heavy atom. The lowest BCUT2D eigenvalue weighted by Crippen LogP contribution is -2.30. The van der Waals surface area contributed by atoms with Crippen molar-refractivity contribution in [1.82, 2.24) is 0 Å².